The molecule has 35 heavy (non-hydrogen) atoms. The molecular weight excluding hydrogens is 581 g/mol. The van der Waals surface area contributed by atoms with E-state index in [9.17, 15) is 14.4 Å². The molecule has 206 valence electrons. The van der Waals surface area contributed by atoms with Crippen LogP contribution in [0, 0.1) is 0 Å². The molecule has 0 aliphatic heterocycles. The number of carbonyl (C=O) groups excluding carboxylic acids is 3. The fraction of sp³-hybridized carbons (Fsp3) is 0.842. The summed E-state index contributed by atoms with van der Waals surface area (Å²) in [7, 11) is 0. The van der Waals surface area contributed by atoms with Gasteiger partial charge in [-0.05, 0) is 0 Å². The topological polar surface area (TPSA) is 138 Å². The normalized spacial score (nSPS) is 10.8. The number of hydrogen-bond donors (Lipinski definition) is 2. The highest BCUT2D eigenvalue weighted by atomic mass is 32.2. The summed E-state index contributed by atoms with van der Waals surface area (Å²) in [6.07, 6.45) is 0.353. The van der Waals surface area contributed by atoms with Crippen molar-refractivity contribution in [1.29, 1.82) is 0 Å². The molecule has 0 aliphatic carbocycles. The molecule has 0 spiro atoms. The summed E-state index contributed by atoms with van der Waals surface area (Å²) in [6.45, 7) is 0.669. The molecule has 0 heterocycles. The van der Waals surface area contributed by atoms with E-state index in [1.54, 1.807) is 35.3 Å². The Morgan fingerprint density at radius 1 is 0.543 bits per heavy atom. The van der Waals surface area contributed by atoms with Gasteiger partial charge < -0.3 is 24.4 Å². The summed E-state index contributed by atoms with van der Waals surface area (Å²) < 4.78 is 14.6. The van der Waals surface area contributed by atoms with Gasteiger partial charge in [-0.1, -0.05) is 0 Å². The summed E-state index contributed by atoms with van der Waals surface area (Å²) in [5.74, 6) is 2.05. The molecule has 0 bridgehead atoms. The van der Waals surface area contributed by atoms with Gasteiger partial charge >= 0.3 is 17.9 Å². The van der Waals surface area contributed by atoms with E-state index < -0.39 is 0 Å². The van der Waals surface area contributed by atoms with Crippen LogP contribution in [0.5, 0.6) is 0 Å². The minimum absolute atomic E-state index is 0.0138. The Balaban J connectivity index is 3.23. The number of thioether (sulfide) groups is 6. The highest BCUT2D eigenvalue weighted by molar-refractivity contribution is 8.16. The summed E-state index contributed by atoms with van der Waals surface area (Å²) in [5.41, 5.74) is 0. The molecule has 0 atom stereocenters. The second kappa shape index (κ2) is 28.9. The van der Waals surface area contributed by atoms with Crippen LogP contribution in [-0.2, 0) is 38.4 Å². The van der Waals surface area contributed by atoms with Crippen molar-refractivity contribution < 1.29 is 48.6 Å². The van der Waals surface area contributed by atoms with Gasteiger partial charge in [0.1, 0.15) is 19.2 Å². The minimum atomic E-state index is -0.366. The van der Waals surface area contributed by atoms with E-state index in [1.165, 1.54) is 35.3 Å². The molecule has 0 aliphatic rings. The molecule has 0 aromatic rings. The first-order valence-electron chi connectivity index (χ1n) is 10.5. The van der Waals surface area contributed by atoms with Crippen LogP contribution in [0.15, 0.2) is 0 Å². The smallest absolute Gasteiger partial charge is 0.316 e. The van der Waals surface area contributed by atoms with Gasteiger partial charge in [0, 0.05) is 32.5 Å². The average molecular weight is 615 g/mol. The number of rotatable bonds is 26. The van der Waals surface area contributed by atoms with Crippen molar-refractivity contribution in [2.24, 2.45) is 0 Å². The molecule has 0 saturated heterocycles. The number of esters is 3. The first-order valence-corrected chi connectivity index (χ1v) is 17.4. The molecule has 2 N–H and O–H groups in total. The summed E-state index contributed by atoms with van der Waals surface area (Å²) in [6, 6.07) is 0. The largest absolute Gasteiger partial charge is 0.463 e. The third kappa shape index (κ3) is 28.8. The van der Waals surface area contributed by atoms with Gasteiger partial charge in [0.2, 0.25) is 0 Å². The Morgan fingerprint density at radius 3 is 1.57 bits per heavy atom. The van der Waals surface area contributed by atoms with E-state index in [4.69, 9.17) is 34.2 Å². The van der Waals surface area contributed by atoms with Crippen molar-refractivity contribution in [3.8, 4) is 0 Å². The number of hydrogen-bond acceptors (Lipinski definition) is 16. The number of aliphatic hydroxyl groups is 2. The van der Waals surface area contributed by atoms with E-state index in [-0.39, 0.29) is 61.8 Å². The van der Waals surface area contributed by atoms with Crippen LogP contribution in [0.3, 0.4) is 0 Å². The lowest BCUT2D eigenvalue weighted by Gasteiger charge is -2.06. The molecule has 0 fully saturated rings. The van der Waals surface area contributed by atoms with Gasteiger partial charge in [-0.2, -0.15) is 11.8 Å². The van der Waals surface area contributed by atoms with Crippen molar-refractivity contribution >= 4 is 88.5 Å². The maximum absolute atomic E-state index is 11.7. The molecule has 0 aromatic carbocycles. The van der Waals surface area contributed by atoms with Crippen LogP contribution in [0.4, 0.5) is 0 Å². The van der Waals surface area contributed by atoms with E-state index in [2.05, 4.69) is 0 Å². The van der Waals surface area contributed by atoms with Crippen LogP contribution < -0.4 is 0 Å². The van der Waals surface area contributed by atoms with Crippen LogP contribution in [-0.4, -0.2) is 118 Å². The highest BCUT2D eigenvalue weighted by Crippen LogP contribution is 2.15. The Hall–Kier alpha value is 0.350. The van der Waals surface area contributed by atoms with Gasteiger partial charge in [0.05, 0.1) is 44.4 Å². The lowest BCUT2D eigenvalue weighted by molar-refractivity contribution is -0.285. The molecule has 0 radical (unpaired) electrons. The monoisotopic (exact) mass is 614 g/mol. The number of ether oxygens (including phenoxy) is 3. The van der Waals surface area contributed by atoms with E-state index in [0.717, 1.165) is 21.7 Å². The molecule has 16 heteroatoms. The van der Waals surface area contributed by atoms with Gasteiger partial charge in [-0.3, -0.25) is 14.4 Å². The third-order valence-corrected chi connectivity index (χ3v) is 9.68. The average Bonchev–Trinajstić information content (AvgIpc) is 2.85. The quantitative estimate of drug-likeness (QED) is 0.0367. The molecule has 0 amide bonds. The van der Waals surface area contributed by atoms with Gasteiger partial charge in [0.25, 0.3) is 0 Å². The standard InChI is InChI=1S/C19H34O10S6/c20-2-4-25-18(23)11-33-15-32-10-7-29-28-6-9-31-14-30-8-1-17(22)27-13-35-16-34-12-19(24)26-5-3-21/h20-21H,1-16H2. The SMILES string of the molecule is O=C(CCSCSCCOOCCSCSCC(=O)OCCO)OCSCSCC(=O)OCCO. The zero-order chi connectivity index (χ0) is 25.8. The second-order valence-electron chi connectivity index (χ2n) is 5.90. The lowest BCUT2D eigenvalue weighted by Crippen LogP contribution is -2.10. The third-order valence-electron chi connectivity index (χ3n) is 3.11. The Labute approximate surface area is 232 Å². The van der Waals surface area contributed by atoms with Gasteiger partial charge in [0.15, 0.2) is 0 Å². The van der Waals surface area contributed by atoms with Crippen molar-refractivity contribution in [3.63, 3.8) is 0 Å². The fourth-order valence-corrected chi connectivity index (χ4v) is 6.84. The van der Waals surface area contributed by atoms with E-state index in [1.807, 2.05) is 0 Å². The molecule has 0 saturated carbocycles. The maximum Gasteiger partial charge on any atom is 0.316 e. The zero-order valence-corrected chi connectivity index (χ0v) is 24.3. The van der Waals surface area contributed by atoms with Crippen molar-refractivity contribution in [2.75, 3.05) is 89.6 Å². The Morgan fingerprint density at radius 2 is 1.03 bits per heavy atom. The van der Waals surface area contributed by atoms with Crippen molar-refractivity contribution in [3.05, 3.63) is 0 Å². The zero-order valence-electron chi connectivity index (χ0n) is 19.4. The van der Waals surface area contributed by atoms with Crippen molar-refractivity contribution in [1.82, 2.24) is 0 Å². The highest BCUT2D eigenvalue weighted by Gasteiger charge is 2.05. The van der Waals surface area contributed by atoms with E-state index >= 15 is 0 Å². The van der Waals surface area contributed by atoms with E-state index in [0.29, 0.717) is 30.5 Å². The lowest BCUT2D eigenvalue weighted by atomic mass is 10.5. The van der Waals surface area contributed by atoms with Crippen molar-refractivity contribution in [2.45, 2.75) is 6.42 Å². The molecular formula is C19H34O10S6. The Kier molecular flexibility index (Phi) is 29.2. The predicted octanol–water partition coefficient (Wildman–Crippen LogP) is 2.17. The van der Waals surface area contributed by atoms with Crippen LogP contribution in [0.25, 0.3) is 0 Å². The number of carbonyl (C=O) groups is 3. The molecule has 10 nitrogen and oxygen atoms in total. The molecule has 0 rings (SSSR count). The first kappa shape index (κ1) is 35.4. The first-order chi connectivity index (χ1) is 17.1. The Bertz CT molecular complexity index is 532. The van der Waals surface area contributed by atoms with Gasteiger partial charge in [-0.15, -0.1) is 58.8 Å². The number of aliphatic hydroxyl groups excluding tert-OH is 2. The summed E-state index contributed by atoms with van der Waals surface area (Å²) in [4.78, 5) is 44.3. The second-order valence-corrected chi connectivity index (χ2v) is 13.2. The maximum atomic E-state index is 11.7. The summed E-state index contributed by atoms with van der Waals surface area (Å²) >= 11 is 9.24. The fourth-order valence-electron chi connectivity index (χ4n) is 1.68. The van der Waals surface area contributed by atoms with Gasteiger partial charge in [-0.25, -0.2) is 9.78 Å². The molecule has 0 aromatic heterocycles. The summed E-state index contributed by atoms with van der Waals surface area (Å²) in [5, 5.41) is 19.3. The minimum Gasteiger partial charge on any atom is -0.463 e. The molecule has 0 unspecified atom stereocenters. The van der Waals surface area contributed by atoms with Crippen LogP contribution >= 0.6 is 70.6 Å². The van der Waals surface area contributed by atoms with Crippen LogP contribution in [0.1, 0.15) is 6.42 Å². The predicted molar refractivity (Wildman–Crippen MR) is 148 cm³/mol. The van der Waals surface area contributed by atoms with Crippen LogP contribution in [0.2, 0.25) is 0 Å².